The Hall–Kier alpha value is -0.810. The third-order valence-electron chi connectivity index (χ3n) is 4.45. The van der Waals surface area contributed by atoms with Gasteiger partial charge in [0.25, 0.3) is 0 Å². The van der Waals surface area contributed by atoms with Gasteiger partial charge >= 0.3 is 0 Å². The molecule has 0 amide bonds. The summed E-state index contributed by atoms with van der Waals surface area (Å²) in [5.74, 6) is 0. The van der Waals surface area contributed by atoms with E-state index in [2.05, 4.69) is 28.9 Å². The van der Waals surface area contributed by atoms with Gasteiger partial charge in [0, 0.05) is 22.6 Å². The second-order valence-electron chi connectivity index (χ2n) is 6.01. The first-order chi connectivity index (χ1) is 10.0. The lowest BCUT2D eigenvalue weighted by Gasteiger charge is -2.39. The Bertz CT molecular complexity index is 604. The van der Waals surface area contributed by atoms with Crippen LogP contribution < -0.4 is 5.73 Å². The minimum atomic E-state index is 0. The van der Waals surface area contributed by atoms with Gasteiger partial charge in [-0.1, -0.05) is 30.7 Å². The quantitative estimate of drug-likeness (QED) is 0.887. The molecule has 1 aromatic heterocycles. The van der Waals surface area contributed by atoms with Crippen LogP contribution in [0, 0.1) is 0 Å². The van der Waals surface area contributed by atoms with Crippen molar-refractivity contribution >= 4 is 40.5 Å². The summed E-state index contributed by atoms with van der Waals surface area (Å²) >= 11 is 7.58. The molecule has 3 nitrogen and oxygen atoms in total. The predicted molar refractivity (Wildman–Crippen MR) is 97.1 cm³/mol. The number of anilines is 1. The molecule has 6 heteroatoms. The minimum Gasteiger partial charge on any atom is -0.375 e. The Labute approximate surface area is 146 Å². The van der Waals surface area contributed by atoms with E-state index in [1.165, 1.54) is 23.3 Å². The fourth-order valence-corrected chi connectivity index (χ4v) is 3.81. The highest BCUT2D eigenvalue weighted by Gasteiger charge is 2.31. The molecule has 1 fully saturated rings. The number of aromatic nitrogens is 1. The van der Waals surface area contributed by atoms with Crippen LogP contribution >= 0.6 is 35.3 Å². The highest BCUT2D eigenvalue weighted by atomic mass is 35.5. The van der Waals surface area contributed by atoms with Gasteiger partial charge in [0.15, 0.2) is 5.13 Å². The number of nitrogens with zero attached hydrogens (tertiary/aromatic N) is 2. The maximum atomic E-state index is 5.99. The summed E-state index contributed by atoms with van der Waals surface area (Å²) in [4.78, 5) is 7.87. The molecule has 1 aromatic carbocycles. The molecule has 0 spiro atoms. The Kier molecular flexibility index (Phi) is 5.72. The molecule has 0 radical (unpaired) electrons. The third-order valence-corrected chi connectivity index (χ3v) is 5.51. The fraction of sp³-hybridized carbons (Fsp3) is 0.438. The Morgan fingerprint density at radius 2 is 1.91 bits per heavy atom. The summed E-state index contributed by atoms with van der Waals surface area (Å²) in [6, 6.07) is 8.33. The van der Waals surface area contributed by atoms with E-state index in [0.29, 0.717) is 5.13 Å². The predicted octanol–water partition coefficient (Wildman–Crippen LogP) is 4.35. The molecule has 2 heterocycles. The highest BCUT2D eigenvalue weighted by molar-refractivity contribution is 7.15. The second kappa shape index (κ2) is 7.18. The van der Waals surface area contributed by atoms with Gasteiger partial charge in [-0.05, 0) is 49.0 Å². The van der Waals surface area contributed by atoms with Gasteiger partial charge in [-0.25, -0.2) is 4.98 Å². The zero-order chi connectivity index (χ0) is 14.9. The first-order valence-corrected chi connectivity index (χ1v) is 8.43. The van der Waals surface area contributed by atoms with E-state index >= 15 is 0 Å². The standard InChI is InChI=1S/C16H20ClN3S.ClH/c1-16(12-2-4-13(17)5-3-12)6-8-20(9-7-16)11-14-10-19-15(18)21-14;/h2-5,10H,6-9,11H2,1H3,(H2,18,19);1H. The van der Waals surface area contributed by atoms with Crippen molar-refractivity contribution in [1.29, 1.82) is 0 Å². The van der Waals surface area contributed by atoms with E-state index in [9.17, 15) is 0 Å². The van der Waals surface area contributed by atoms with Crippen molar-refractivity contribution in [2.45, 2.75) is 31.7 Å². The molecule has 2 aromatic rings. The number of hydrogen-bond acceptors (Lipinski definition) is 4. The molecule has 1 saturated heterocycles. The molecule has 0 atom stereocenters. The van der Waals surface area contributed by atoms with Crippen LogP contribution in [0.2, 0.25) is 5.02 Å². The number of piperidine rings is 1. The molecule has 0 bridgehead atoms. The SMILES string of the molecule is CC1(c2ccc(Cl)cc2)CCN(Cc2cnc(N)s2)CC1.Cl. The summed E-state index contributed by atoms with van der Waals surface area (Å²) in [6.07, 6.45) is 4.23. The molecule has 0 saturated carbocycles. The van der Waals surface area contributed by atoms with Crippen molar-refractivity contribution in [1.82, 2.24) is 9.88 Å². The molecule has 1 aliphatic rings. The number of nitrogens with two attached hydrogens (primary N) is 1. The normalized spacial score (nSPS) is 17.9. The van der Waals surface area contributed by atoms with Gasteiger partial charge in [-0.3, -0.25) is 4.90 Å². The summed E-state index contributed by atoms with van der Waals surface area (Å²) in [7, 11) is 0. The molecule has 0 aliphatic carbocycles. The lowest BCUT2D eigenvalue weighted by Crippen LogP contribution is -2.40. The molecule has 0 unspecified atom stereocenters. The number of rotatable bonds is 3. The smallest absolute Gasteiger partial charge is 0.180 e. The zero-order valence-corrected chi connectivity index (χ0v) is 15.0. The van der Waals surface area contributed by atoms with Crippen LogP contribution in [-0.4, -0.2) is 23.0 Å². The Morgan fingerprint density at radius 3 is 2.45 bits per heavy atom. The van der Waals surface area contributed by atoms with E-state index in [1.54, 1.807) is 11.3 Å². The van der Waals surface area contributed by atoms with E-state index < -0.39 is 0 Å². The van der Waals surface area contributed by atoms with Gasteiger partial charge in [0.1, 0.15) is 0 Å². The average molecular weight is 358 g/mol. The monoisotopic (exact) mass is 357 g/mol. The molecule has 1 aliphatic heterocycles. The van der Waals surface area contributed by atoms with Crippen LogP contribution in [0.25, 0.3) is 0 Å². The summed E-state index contributed by atoms with van der Waals surface area (Å²) in [5, 5.41) is 1.47. The molecule has 120 valence electrons. The van der Waals surface area contributed by atoms with Crippen molar-refractivity contribution in [3.05, 3.63) is 45.9 Å². The topological polar surface area (TPSA) is 42.2 Å². The van der Waals surface area contributed by atoms with Crippen LogP contribution in [0.4, 0.5) is 5.13 Å². The van der Waals surface area contributed by atoms with Gasteiger partial charge < -0.3 is 5.73 Å². The lowest BCUT2D eigenvalue weighted by atomic mass is 9.74. The van der Waals surface area contributed by atoms with E-state index in [-0.39, 0.29) is 17.8 Å². The van der Waals surface area contributed by atoms with Crippen molar-refractivity contribution in [3.63, 3.8) is 0 Å². The van der Waals surface area contributed by atoms with Crippen molar-refractivity contribution in [3.8, 4) is 0 Å². The van der Waals surface area contributed by atoms with Gasteiger partial charge in [0.05, 0.1) is 0 Å². The Morgan fingerprint density at radius 1 is 1.27 bits per heavy atom. The van der Waals surface area contributed by atoms with Crippen LogP contribution in [0.3, 0.4) is 0 Å². The number of thiazole rings is 1. The van der Waals surface area contributed by atoms with E-state index in [4.69, 9.17) is 17.3 Å². The number of halogens is 2. The molecule has 3 rings (SSSR count). The van der Waals surface area contributed by atoms with Crippen molar-refractivity contribution < 1.29 is 0 Å². The summed E-state index contributed by atoms with van der Waals surface area (Å²) < 4.78 is 0. The first-order valence-electron chi connectivity index (χ1n) is 7.24. The average Bonchev–Trinajstić information content (AvgIpc) is 2.88. The van der Waals surface area contributed by atoms with Crippen molar-refractivity contribution in [2.75, 3.05) is 18.8 Å². The second-order valence-corrected chi connectivity index (χ2v) is 7.59. The maximum Gasteiger partial charge on any atom is 0.180 e. The van der Waals surface area contributed by atoms with E-state index in [1.807, 2.05) is 18.3 Å². The maximum absolute atomic E-state index is 5.99. The number of hydrogen-bond donors (Lipinski definition) is 1. The van der Waals surface area contributed by atoms with Gasteiger partial charge in [-0.15, -0.1) is 23.7 Å². The largest absolute Gasteiger partial charge is 0.375 e. The number of likely N-dealkylation sites (tertiary alicyclic amines) is 1. The minimum absolute atomic E-state index is 0. The van der Waals surface area contributed by atoms with Gasteiger partial charge in [0.2, 0.25) is 0 Å². The van der Waals surface area contributed by atoms with Crippen LogP contribution in [0.15, 0.2) is 30.5 Å². The zero-order valence-electron chi connectivity index (χ0n) is 12.6. The third kappa shape index (κ3) is 3.93. The number of nitrogen functional groups attached to an aromatic ring is 1. The highest BCUT2D eigenvalue weighted by Crippen LogP contribution is 2.36. The van der Waals surface area contributed by atoms with Crippen molar-refractivity contribution in [2.24, 2.45) is 0 Å². The van der Waals surface area contributed by atoms with Crippen LogP contribution in [0.1, 0.15) is 30.2 Å². The number of benzene rings is 1. The van der Waals surface area contributed by atoms with E-state index in [0.717, 1.165) is 24.7 Å². The van der Waals surface area contributed by atoms with Crippen LogP contribution in [-0.2, 0) is 12.0 Å². The Balaban J connectivity index is 0.00000176. The lowest BCUT2D eigenvalue weighted by molar-refractivity contribution is 0.163. The fourth-order valence-electron chi connectivity index (χ4n) is 2.96. The van der Waals surface area contributed by atoms with Gasteiger partial charge in [-0.2, -0.15) is 0 Å². The molecular weight excluding hydrogens is 337 g/mol. The van der Waals surface area contributed by atoms with Crippen LogP contribution in [0.5, 0.6) is 0 Å². The summed E-state index contributed by atoms with van der Waals surface area (Å²) in [6.45, 7) is 5.54. The molecular formula is C16H21Cl2N3S. The molecule has 2 N–H and O–H groups in total. The molecule has 22 heavy (non-hydrogen) atoms. The summed E-state index contributed by atoms with van der Waals surface area (Å²) in [5.41, 5.74) is 7.35. The first kappa shape index (κ1) is 17.5.